The molecule has 1 atom stereocenters. The number of thioether (sulfide) groups is 1. The fourth-order valence-corrected chi connectivity index (χ4v) is 4.04. The third-order valence-corrected chi connectivity index (χ3v) is 5.82. The number of hydrogen-bond donors (Lipinski definition) is 0. The minimum absolute atomic E-state index is 0.0886. The lowest BCUT2D eigenvalue weighted by molar-refractivity contribution is 0.375. The van der Waals surface area contributed by atoms with E-state index in [0.29, 0.717) is 34.2 Å². The topological polar surface area (TPSA) is 73.8 Å². The van der Waals surface area contributed by atoms with E-state index in [0.717, 1.165) is 12.1 Å². The van der Waals surface area contributed by atoms with Crippen molar-refractivity contribution >= 4 is 22.7 Å². The van der Waals surface area contributed by atoms with E-state index in [4.69, 9.17) is 9.51 Å². The van der Waals surface area contributed by atoms with Gasteiger partial charge < -0.3 is 4.52 Å². The molecule has 1 unspecified atom stereocenters. The van der Waals surface area contributed by atoms with Gasteiger partial charge in [-0.2, -0.15) is 4.98 Å². The van der Waals surface area contributed by atoms with Crippen molar-refractivity contribution in [3.63, 3.8) is 0 Å². The molecule has 148 valence electrons. The molecule has 0 spiro atoms. The van der Waals surface area contributed by atoms with Crippen LogP contribution in [-0.4, -0.2) is 19.7 Å². The average Bonchev–Trinajstić information content (AvgIpc) is 3.24. The molecule has 0 aliphatic rings. The fraction of sp³-hybridized carbons (Fsp3) is 0.273. The van der Waals surface area contributed by atoms with E-state index in [-0.39, 0.29) is 10.8 Å². The van der Waals surface area contributed by atoms with Crippen LogP contribution in [0.1, 0.15) is 43.3 Å². The monoisotopic (exact) mass is 406 g/mol. The van der Waals surface area contributed by atoms with Gasteiger partial charge in [0.1, 0.15) is 0 Å². The molecule has 0 radical (unpaired) electrons. The van der Waals surface area contributed by atoms with Gasteiger partial charge in [0.2, 0.25) is 5.89 Å². The largest absolute Gasteiger partial charge is 0.338 e. The molecule has 0 saturated carbocycles. The van der Waals surface area contributed by atoms with Crippen LogP contribution in [0.25, 0.3) is 16.6 Å². The first kappa shape index (κ1) is 19.4. The van der Waals surface area contributed by atoms with E-state index in [1.807, 2.05) is 62.4 Å². The number of para-hydroxylation sites is 1. The third-order valence-electron chi connectivity index (χ3n) is 4.78. The summed E-state index contributed by atoms with van der Waals surface area (Å²) >= 11 is 1.44. The van der Waals surface area contributed by atoms with Crippen molar-refractivity contribution in [2.45, 2.75) is 44.0 Å². The van der Waals surface area contributed by atoms with Crippen LogP contribution in [0.4, 0.5) is 0 Å². The van der Waals surface area contributed by atoms with Crippen LogP contribution >= 0.6 is 11.8 Å². The molecule has 2 aromatic heterocycles. The minimum atomic E-state index is -0.142. The van der Waals surface area contributed by atoms with Gasteiger partial charge in [-0.15, -0.1) is 0 Å². The van der Waals surface area contributed by atoms with Gasteiger partial charge in [0.25, 0.3) is 5.56 Å². The van der Waals surface area contributed by atoms with Gasteiger partial charge in [0, 0.05) is 6.42 Å². The summed E-state index contributed by atoms with van der Waals surface area (Å²) in [5, 5.41) is 5.03. The molecule has 0 fully saturated rings. The van der Waals surface area contributed by atoms with E-state index in [1.54, 1.807) is 4.57 Å². The number of fused-ring (bicyclic) bond motifs is 1. The maximum Gasteiger partial charge on any atom is 0.266 e. The van der Waals surface area contributed by atoms with Crippen LogP contribution in [0.15, 0.2) is 63.0 Å². The third kappa shape index (κ3) is 3.82. The lowest BCUT2D eigenvalue weighted by atomic mass is 10.1. The summed E-state index contributed by atoms with van der Waals surface area (Å²) in [7, 11) is 0. The van der Waals surface area contributed by atoms with Crippen LogP contribution in [0.2, 0.25) is 0 Å². The van der Waals surface area contributed by atoms with Crippen molar-refractivity contribution in [1.29, 1.82) is 0 Å². The highest BCUT2D eigenvalue weighted by Gasteiger charge is 2.20. The molecule has 6 nitrogen and oxygen atoms in total. The van der Waals surface area contributed by atoms with Crippen molar-refractivity contribution in [1.82, 2.24) is 19.7 Å². The predicted octanol–water partition coefficient (Wildman–Crippen LogP) is 4.75. The minimum Gasteiger partial charge on any atom is -0.338 e. The van der Waals surface area contributed by atoms with E-state index in [2.05, 4.69) is 17.1 Å². The number of aromatic nitrogens is 4. The van der Waals surface area contributed by atoms with E-state index in [1.165, 1.54) is 17.3 Å². The second kappa shape index (κ2) is 8.21. The molecule has 0 N–H and O–H groups in total. The number of aryl methyl sites for hydroxylation is 2. The summed E-state index contributed by atoms with van der Waals surface area (Å²) in [5.74, 6) is 1.20. The van der Waals surface area contributed by atoms with Crippen molar-refractivity contribution in [3.05, 3.63) is 76.2 Å². The Morgan fingerprint density at radius 2 is 1.79 bits per heavy atom. The van der Waals surface area contributed by atoms with Crippen LogP contribution in [-0.2, 0) is 12.8 Å². The van der Waals surface area contributed by atoms with Crippen LogP contribution < -0.4 is 5.56 Å². The Morgan fingerprint density at radius 1 is 1.03 bits per heavy atom. The summed E-state index contributed by atoms with van der Waals surface area (Å²) in [6, 6.07) is 15.4. The molecule has 0 saturated heterocycles. The second-order valence-electron chi connectivity index (χ2n) is 6.73. The Hall–Kier alpha value is -2.93. The highest BCUT2D eigenvalue weighted by Crippen LogP contribution is 2.34. The standard InChI is InChI=1S/C22H22N4O2S/c1-4-15-10-12-16(13-11-15)26-21(27)17-8-6-7-9-18(17)23-22(26)29-14(3)20-24-19(5-2)25-28-20/h6-14H,4-5H2,1-3H3. The van der Waals surface area contributed by atoms with Crippen molar-refractivity contribution in [3.8, 4) is 5.69 Å². The number of nitrogens with zero attached hydrogens (tertiary/aromatic N) is 4. The van der Waals surface area contributed by atoms with E-state index >= 15 is 0 Å². The Bertz CT molecular complexity index is 1200. The molecule has 29 heavy (non-hydrogen) atoms. The first-order chi connectivity index (χ1) is 14.1. The SMILES string of the molecule is CCc1ccc(-n2c(SC(C)c3nc(CC)no3)nc3ccccc3c2=O)cc1. The van der Waals surface area contributed by atoms with Crippen LogP contribution in [0.3, 0.4) is 0 Å². The number of rotatable bonds is 6. The molecule has 7 heteroatoms. The Kier molecular flexibility index (Phi) is 5.49. The molecule has 2 heterocycles. The zero-order valence-electron chi connectivity index (χ0n) is 16.6. The number of benzene rings is 2. The first-order valence-electron chi connectivity index (χ1n) is 9.71. The molecule has 0 bridgehead atoms. The molecular formula is C22H22N4O2S. The summed E-state index contributed by atoms with van der Waals surface area (Å²) in [6.07, 6.45) is 1.66. The lowest BCUT2D eigenvalue weighted by Gasteiger charge is -2.15. The Labute approximate surface area is 173 Å². The van der Waals surface area contributed by atoms with Gasteiger partial charge in [-0.3, -0.25) is 9.36 Å². The Balaban J connectivity index is 1.83. The van der Waals surface area contributed by atoms with Crippen molar-refractivity contribution in [2.24, 2.45) is 0 Å². The first-order valence-corrected chi connectivity index (χ1v) is 10.6. The quantitative estimate of drug-likeness (QED) is 0.340. The predicted molar refractivity (Wildman–Crippen MR) is 115 cm³/mol. The maximum absolute atomic E-state index is 13.3. The molecule has 2 aromatic carbocycles. The summed E-state index contributed by atoms with van der Waals surface area (Å²) < 4.78 is 7.05. The number of hydrogen-bond acceptors (Lipinski definition) is 6. The van der Waals surface area contributed by atoms with Crippen LogP contribution in [0.5, 0.6) is 0 Å². The summed E-state index contributed by atoms with van der Waals surface area (Å²) in [4.78, 5) is 22.5. The summed E-state index contributed by atoms with van der Waals surface area (Å²) in [5.41, 5.74) is 2.60. The van der Waals surface area contributed by atoms with E-state index in [9.17, 15) is 4.79 Å². The highest BCUT2D eigenvalue weighted by atomic mass is 32.2. The molecule has 0 aliphatic heterocycles. The van der Waals surface area contributed by atoms with Crippen molar-refractivity contribution in [2.75, 3.05) is 0 Å². The second-order valence-corrected chi connectivity index (χ2v) is 8.04. The van der Waals surface area contributed by atoms with Crippen molar-refractivity contribution < 1.29 is 4.52 Å². The van der Waals surface area contributed by atoms with Gasteiger partial charge in [-0.25, -0.2) is 4.98 Å². The molecule has 4 rings (SSSR count). The highest BCUT2D eigenvalue weighted by molar-refractivity contribution is 7.99. The van der Waals surface area contributed by atoms with Gasteiger partial charge in [0.05, 0.1) is 21.8 Å². The molecule has 0 aliphatic carbocycles. The smallest absolute Gasteiger partial charge is 0.266 e. The summed E-state index contributed by atoms with van der Waals surface area (Å²) in [6.45, 7) is 6.06. The maximum atomic E-state index is 13.3. The van der Waals surface area contributed by atoms with Gasteiger partial charge in [0.15, 0.2) is 11.0 Å². The van der Waals surface area contributed by atoms with Gasteiger partial charge >= 0.3 is 0 Å². The molecule has 0 amide bonds. The zero-order valence-corrected chi connectivity index (χ0v) is 17.4. The lowest BCUT2D eigenvalue weighted by Crippen LogP contribution is -2.22. The average molecular weight is 407 g/mol. The van der Waals surface area contributed by atoms with E-state index < -0.39 is 0 Å². The van der Waals surface area contributed by atoms with Gasteiger partial charge in [-0.1, -0.05) is 55.0 Å². The normalized spacial score (nSPS) is 12.4. The van der Waals surface area contributed by atoms with Gasteiger partial charge in [-0.05, 0) is 43.2 Å². The zero-order chi connectivity index (χ0) is 20.4. The molecular weight excluding hydrogens is 384 g/mol. The Morgan fingerprint density at radius 3 is 2.48 bits per heavy atom. The van der Waals surface area contributed by atoms with Crippen LogP contribution in [0, 0.1) is 0 Å². The fourth-order valence-electron chi connectivity index (χ4n) is 3.08. The molecule has 4 aromatic rings.